The molecule has 0 heteroatoms. The lowest BCUT2D eigenvalue weighted by Crippen LogP contribution is -2.23. The third-order valence-electron chi connectivity index (χ3n) is 3.33. The Morgan fingerprint density at radius 2 is 1.55 bits per heavy atom. The normalized spacial score (nSPS) is 25.9. The third kappa shape index (κ3) is 2.50. The third-order valence-corrected chi connectivity index (χ3v) is 3.33. The minimum atomic E-state index is 0.644. The molecule has 0 aromatic carbocycles. The molecule has 0 bridgehead atoms. The molecule has 1 aliphatic rings. The second-order valence-electron chi connectivity index (χ2n) is 5.25. The first kappa shape index (κ1) is 9.09. The van der Waals surface area contributed by atoms with Gasteiger partial charge in [0.15, 0.2) is 0 Å². The van der Waals surface area contributed by atoms with Gasteiger partial charge in [0.05, 0.1) is 0 Å². The van der Waals surface area contributed by atoms with Crippen molar-refractivity contribution in [2.45, 2.75) is 53.4 Å². The van der Waals surface area contributed by atoms with Crippen LogP contribution in [0.15, 0.2) is 0 Å². The van der Waals surface area contributed by atoms with E-state index in [0.717, 1.165) is 11.8 Å². The Labute approximate surface area is 71.4 Å². The molecule has 1 fully saturated rings. The maximum atomic E-state index is 2.41. The number of rotatable bonds is 1. The predicted octanol–water partition coefficient (Wildman–Crippen LogP) is 3.86. The first-order valence-corrected chi connectivity index (χ1v) is 5.01. The molecule has 0 saturated heterocycles. The minimum absolute atomic E-state index is 0.644. The van der Waals surface area contributed by atoms with Crippen LogP contribution in [0.2, 0.25) is 0 Å². The van der Waals surface area contributed by atoms with E-state index in [1.165, 1.54) is 25.7 Å². The van der Waals surface area contributed by atoms with Crippen molar-refractivity contribution in [2.24, 2.45) is 17.3 Å². The highest BCUT2D eigenvalue weighted by molar-refractivity contribution is 4.79. The summed E-state index contributed by atoms with van der Waals surface area (Å²) in [5.74, 6) is 1.93. The van der Waals surface area contributed by atoms with Gasteiger partial charge in [-0.05, 0) is 42.9 Å². The van der Waals surface area contributed by atoms with Gasteiger partial charge in [0.2, 0.25) is 0 Å². The molecule has 0 heterocycles. The van der Waals surface area contributed by atoms with Crippen LogP contribution in [0.3, 0.4) is 0 Å². The molecule has 0 radical (unpaired) electrons. The van der Waals surface area contributed by atoms with Crippen LogP contribution in [0.5, 0.6) is 0 Å². The quantitative estimate of drug-likeness (QED) is 0.538. The van der Waals surface area contributed by atoms with Gasteiger partial charge < -0.3 is 0 Å². The molecule has 0 aromatic heterocycles. The van der Waals surface area contributed by atoms with Crippen molar-refractivity contribution >= 4 is 0 Å². The van der Waals surface area contributed by atoms with Crippen LogP contribution in [-0.2, 0) is 0 Å². The Bertz CT molecular complexity index is 112. The lowest BCUT2D eigenvalue weighted by molar-refractivity contribution is 0.161. The zero-order chi connectivity index (χ0) is 8.48. The summed E-state index contributed by atoms with van der Waals surface area (Å²) in [6, 6.07) is 0. The molecular formula is C11H22. The fourth-order valence-corrected chi connectivity index (χ4v) is 2.09. The standard InChI is InChI=1S/C11H22/c1-9(2)10-5-7-11(3,4)8-6-10/h9-10H,5-8H2,1-4H3. The van der Waals surface area contributed by atoms with E-state index in [2.05, 4.69) is 27.7 Å². The molecule has 66 valence electrons. The lowest BCUT2D eigenvalue weighted by atomic mass is 9.70. The molecule has 1 rings (SSSR count). The second kappa shape index (κ2) is 3.16. The minimum Gasteiger partial charge on any atom is -0.0625 e. The zero-order valence-electron chi connectivity index (χ0n) is 8.48. The highest BCUT2D eigenvalue weighted by Gasteiger charge is 2.27. The maximum Gasteiger partial charge on any atom is -0.0354 e. The molecular weight excluding hydrogens is 132 g/mol. The average Bonchev–Trinajstić information content (AvgIpc) is 1.86. The highest BCUT2D eigenvalue weighted by atomic mass is 14.3. The van der Waals surface area contributed by atoms with E-state index in [1.807, 2.05) is 0 Å². The monoisotopic (exact) mass is 154 g/mol. The van der Waals surface area contributed by atoms with Crippen LogP contribution >= 0.6 is 0 Å². The summed E-state index contributed by atoms with van der Waals surface area (Å²) in [6.07, 6.45) is 5.81. The van der Waals surface area contributed by atoms with Gasteiger partial charge in [0, 0.05) is 0 Å². The molecule has 0 spiro atoms. The van der Waals surface area contributed by atoms with Gasteiger partial charge in [-0.15, -0.1) is 0 Å². The van der Waals surface area contributed by atoms with E-state index in [9.17, 15) is 0 Å². The van der Waals surface area contributed by atoms with Crippen LogP contribution in [0.4, 0.5) is 0 Å². The smallest absolute Gasteiger partial charge is 0.0354 e. The first-order chi connectivity index (χ1) is 5.01. The van der Waals surface area contributed by atoms with E-state index >= 15 is 0 Å². The second-order valence-corrected chi connectivity index (χ2v) is 5.25. The van der Waals surface area contributed by atoms with E-state index < -0.39 is 0 Å². The Morgan fingerprint density at radius 1 is 1.09 bits per heavy atom. The summed E-state index contributed by atoms with van der Waals surface area (Å²) in [6.45, 7) is 9.54. The van der Waals surface area contributed by atoms with Crippen LogP contribution in [0.25, 0.3) is 0 Å². The maximum absolute atomic E-state index is 2.41. The van der Waals surface area contributed by atoms with Crippen LogP contribution in [0, 0.1) is 17.3 Å². The van der Waals surface area contributed by atoms with Gasteiger partial charge in [-0.1, -0.05) is 27.7 Å². The Balaban J connectivity index is 2.36. The summed E-state index contributed by atoms with van der Waals surface area (Å²) in [5, 5.41) is 0. The van der Waals surface area contributed by atoms with E-state index in [-0.39, 0.29) is 0 Å². The zero-order valence-corrected chi connectivity index (χ0v) is 8.48. The van der Waals surface area contributed by atoms with Gasteiger partial charge in [0.25, 0.3) is 0 Å². The summed E-state index contributed by atoms with van der Waals surface area (Å²) in [7, 11) is 0. The fraction of sp³-hybridized carbons (Fsp3) is 1.00. The van der Waals surface area contributed by atoms with Gasteiger partial charge in [-0.2, -0.15) is 0 Å². The van der Waals surface area contributed by atoms with E-state index in [1.54, 1.807) is 0 Å². The Hall–Kier alpha value is 0. The molecule has 1 saturated carbocycles. The predicted molar refractivity (Wildman–Crippen MR) is 50.6 cm³/mol. The lowest BCUT2D eigenvalue weighted by Gasteiger charge is -2.36. The highest BCUT2D eigenvalue weighted by Crippen LogP contribution is 2.40. The van der Waals surface area contributed by atoms with Gasteiger partial charge in [0.1, 0.15) is 0 Å². The van der Waals surface area contributed by atoms with Gasteiger partial charge in [-0.25, -0.2) is 0 Å². The van der Waals surface area contributed by atoms with Crippen molar-refractivity contribution in [2.75, 3.05) is 0 Å². The van der Waals surface area contributed by atoms with Crippen molar-refractivity contribution in [1.82, 2.24) is 0 Å². The largest absolute Gasteiger partial charge is 0.0625 e. The number of hydrogen-bond donors (Lipinski definition) is 0. The molecule has 0 atom stereocenters. The van der Waals surface area contributed by atoms with Gasteiger partial charge >= 0.3 is 0 Å². The average molecular weight is 154 g/mol. The van der Waals surface area contributed by atoms with Crippen LogP contribution < -0.4 is 0 Å². The molecule has 11 heavy (non-hydrogen) atoms. The molecule has 1 aliphatic carbocycles. The summed E-state index contributed by atoms with van der Waals surface area (Å²) < 4.78 is 0. The Morgan fingerprint density at radius 3 is 1.91 bits per heavy atom. The molecule has 0 N–H and O–H groups in total. The molecule has 0 unspecified atom stereocenters. The van der Waals surface area contributed by atoms with E-state index in [4.69, 9.17) is 0 Å². The van der Waals surface area contributed by atoms with Crippen LogP contribution in [0.1, 0.15) is 53.4 Å². The first-order valence-electron chi connectivity index (χ1n) is 5.01. The molecule has 0 aliphatic heterocycles. The van der Waals surface area contributed by atoms with Crippen molar-refractivity contribution < 1.29 is 0 Å². The summed E-state index contributed by atoms with van der Waals surface area (Å²) in [5.41, 5.74) is 0.644. The summed E-state index contributed by atoms with van der Waals surface area (Å²) >= 11 is 0. The SMILES string of the molecule is CC(C)C1CCC(C)(C)CC1. The topological polar surface area (TPSA) is 0 Å². The molecule has 0 aromatic rings. The van der Waals surface area contributed by atoms with Crippen molar-refractivity contribution in [3.8, 4) is 0 Å². The molecule has 0 amide bonds. The van der Waals surface area contributed by atoms with Crippen molar-refractivity contribution in [1.29, 1.82) is 0 Å². The van der Waals surface area contributed by atoms with Gasteiger partial charge in [-0.3, -0.25) is 0 Å². The number of hydrogen-bond acceptors (Lipinski definition) is 0. The Kier molecular flexibility index (Phi) is 2.61. The fourth-order valence-electron chi connectivity index (χ4n) is 2.09. The molecule has 0 nitrogen and oxygen atoms in total. The van der Waals surface area contributed by atoms with Crippen molar-refractivity contribution in [3.63, 3.8) is 0 Å². The van der Waals surface area contributed by atoms with E-state index in [0.29, 0.717) is 5.41 Å². The van der Waals surface area contributed by atoms with Crippen molar-refractivity contribution in [3.05, 3.63) is 0 Å². The van der Waals surface area contributed by atoms with Crippen LogP contribution in [-0.4, -0.2) is 0 Å². The summed E-state index contributed by atoms with van der Waals surface area (Å²) in [4.78, 5) is 0.